The number of aliphatic hydroxyl groups is 1. The Labute approximate surface area is 96.3 Å². The third kappa shape index (κ3) is 10.2. The molecule has 0 fully saturated rings. The summed E-state index contributed by atoms with van der Waals surface area (Å²) in [4.78, 5) is 0. The number of hydrogen-bond acceptors (Lipinski definition) is 1. The zero-order valence-corrected chi connectivity index (χ0v) is 11.0. The molecule has 15 heavy (non-hydrogen) atoms. The van der Waals surface area contributed by atoms with Gasteiger partial charge in [-0.2, -0.15) is 0 Å². The lowest BCUT2D eigenvalue weighted by atomic mass is 9.92. The molecule has 0 aromatic heterocycles. The number of unbranched alkanes of at least 4 members (excludes halogenated alkanes) is 6. The highest BCUT2D eigenvalue weighted by Crippen LogP contribution is 2.21. The summed E-state index contributed by atoms with van der Waals surface area (Å²) < 4.78 is 0. The lowest BCUT2D eigenvalue weighted by Crippen LogP contribution is -2.23. The average Bonchev–Trinajstić information content (AvgIpc) is 2.17. The van der Waals surface area contributed by atoms with E-state index in [1.165, 1.54) is 51.4 Å². The van der Waals surface area contributed by atoms with Gasteiger partial charge in [-0.3, -0.25) is 0 Å². The van der Waals surface area contributed by atoms with Crippen LogP contribution in [0, 0.1) is 0 Å². The van der Waals surface area contributed by atoms with Crippen molar-refractivity contribution in [3.05, 3.63) is 0 Å². The summed E-state index contributed by atoms with van der Waals surface area (Å²) in [6.07, 6.45) is 12.1. The maximum Gasteiger partial charge on any atom is 0.0619 e. The van der Waals surface area contributed by atoms with Crippen LogP contribution in [0.4, 0.5) is 0 Å². The van der Waals surface area contributed by atoms with E-state index in [0.29, 0.717) is 0 Å². The third-order valence-electron chi connectivity index (χ3n) is 3.14. The van der Waals surface area contributed by atoms with Crippen LogP contribution in [0.3, 0.4) is 0 Å². The van der Waals surface area contributed by atoms with Crippen molar-refractivity contribution in [3.63, 3.8) is 0 Å². The van der Waals surface area contributed by atoms with Crippen LogP contribution >= 0.6 is 0 Å². The summed E-state index contributed by atoms with van der Waals surface area (Å²) in [6, 6.07) is 0. The lowest BCUT2D eigenvalue weighted by Gasteiger charge is -2.23. The number of rotatable bonds is 10. The van der Waals surface area contributed by atoms with Gasteiger partial charge in [-0.15, -0.1) is 0 Å². The van der Waals surface area contributed by atoms with Crippen molar-refractivity contribution in [2.75, 3.05) is 0 Å². The van der Waals surface area contributed by atoms with Gasteiger partial charge >= 0.3 is 0 Å². The van der Waals surface area contributed by atoms with Gasteiger partial charge in [0.25, 0.3) is 0 Å². The van der Waals surface area contributed by atoms with Crippen LogP contribution in [0.1, 0.15) is 85.0 Å². The monoisotopic (exact) mass is 214 g/mol. The van der Waals surface area contributed by atoms with Crippen molar-refractivity contribution in [1.82, 2.24) is 0 Å². The molecular formula is C14H30O. The third-order valence-corrected chi connectivity index (χ3v) is 3.14. The first-order valence-corrected chi connectivity index (χ1v) is 6.84. The van der Waals surface area contributed by atoms with Gasteiger partial charge in [0.1, 0.15) is 0 Å². The molecule has 0 saturated carbocycles. The Balaban J connectivity index is 3.38. The van der Waals surface area contributed by atoms with Gasteiger partial charge in [0, 0.05) is 0 Å². The normalized spacial score (nSPS) is 15.2. The van der Waals surface area contributed by atoms with Gasteiger partial charge < -0.3 is 5.11 Å². The van der Waals surface area contributed by atoms with Crippen LogP contribution in [0.25, 0.3) is 0 Å². The largest absolute Gasteiger partial charge is 0.390 e. The summed E-state index contributed by atoms with van der Waals surface area (Å²) in [7, 11) is 0. The van der Waals surface area contributed by atoms with Crippen molar-refractivity contribution < 1.29 is 5.11 Å². The number of hydrogen-bond donors (Lipinski definition) is 1. The lowest BCUT2D eigenvalue weighted by molar-refractivity contribution is 0.0367. The highest BCUT2D eigenvalue weighted by molar-refractivity contribution is 4.72. The second-order valence-electron chi connectivity index (χ2n) is 5.12. The quantitative estimate of drug-likeness (QED) is 0.524. The Morgan fingerprint density at radius 3 is 1.67 bits per heavy atom. The molecule has 0 aliphatic rings. The zero-order valence-electron chi connectivity index (χ0n) is 11.0. The predicted molar refractivity (Wildman–Crippen MR) is 68.1 cm³/mol. The van der Waals surface area contributed by atoms with Crippen molar-refractivity contribution in [2.45, 2.75) is 90.6 Å². The first kappa shape index (κ1) is 15.0. The molecule has 1 heteroatoms. The molecular weight excluding hydrogens is 184 g/mol. The van der Waals surface area contributed by atoms with Gasteiger partial charge in [0.15, 0.2) is 0 Å². The first-order chi connectivity index (χ1) is 7.12. The van der Waals surface area contributed by atoms with E-state index in [2.05, 4.69) is 13.8 Å². The Morgan fingerprint density at radius 1 is 0.733 bits per heavy atom. The van der Waals surface area contributed by atoms with Gasteiger partial charge in [0.05, 0.1) is 5.60 Å². The van der Waals surface area contributed by atoms with E-state index in [4.69, 9.17) is 0 Å². The maximum atomic E-state index is 10.1. The molecule has 0 aromatic carbocycles. The van der Waals surface area contributed by atoms with Crippen molar-refractivity contribution in [2.24, 2.45) is 0 Å². The fraction of sp³-hybridized carbons (Fsp3) is 1.00. The molecule has 0 aliphatic heterocycles. The molecule has 0 aliphatic carbocycles. The molecule has 1 nitrogen and oxygen atoms in total. The van der Waals surface area contributed by atoms with E-state index in [-0.39, 0.29) is 0 Å². The first-order valence-electron chi connectivity index (χ1n) is 6.84. The Morgan fingerprint density at radius 2 is 1.13 bits per heavy atom. The predicted octanol–water partition coefficient (Wildman–Crippen LogP) is 4.68. The van der Waals surface area contributed by atoms with E-state index in [1.54, 1.807) is 0 Å². The molecule has 0 bridgehead atoms. The summed E-state index contributed by atoms with van der Waals surface area (Å²) in [5.74, 6) is 0. The van der Waals surface area contributed by atoms with E-state index in [1.807, 2.05) is 6.92 Å². The van der Waals surface area contributed by atoms with Crippen LogP contribution in [0.5, 0.6) is 0 Å². The fourth-order valence-electron chi connectivity index (χ4n) is 1.99. The molecule has 0 saturated heterocycles. The smallest absolute Gasteiger partial charge is 0.0619 e. The molecule has 0 rings (SSSR count). The molecule has 1 unspecified atom stereocenters. The maximum absolute atomic E-state index is 10.1. The van der Waals surface area contributed by atoms with Crippen molar-refractivity contribution in [1.29, 1.82) is 0 Å². The Hall–Kier alpha value is -0.0400. The summed E-state index contributed by atoms with van der Waals surface area (Å²) >= 11 is 0. The molecule has 0 radical (unpaired) electrons. The average molecular weight is 214 g/mol. The Kier molecular flexibility index (Phi) is 9.18. The van der Waals surface area contributed by atoms with Crippen LogP contribution in [-0.2, 0) is 0 Å². The molecule has 0 spiro atoms. The van der Waals surface area contributed by atoms with E-state index >= 15 is 0 Å². The minimum atomic E-state index is -0.401. The fourth-order valence-corrected chi connectivity index (χ4v) is 1.99. The second-order valence-corrected chi connectivity index (χ2v) is 5.12. The highest BCUT2D eigenvalue weighted by Gasteiger charge is 2.18. The summed E-state index contributed by atoms with van der Waals surface area (Å²) in [6.45, 7) is 6.45. The van der Waals surface area contributed by atoms with Gasteiger partial charge in [-0.05, 0) is 19.8 Å². The van der Waals surface area contributed by atoms with Crippen molar-refractivity contribution >= 4 is 0 Å². The topological polar surface area (TPSA) is 20.2 Å². The van der Waals surface area contributed by atoms with E-state index in [9.17, 15) is 5.11 Å². The standard InChI is InChI=1S/C14H30O/c1-4-6-8-9-11-13-14(3,15)12-10-7-5-2/h15H,4-13H2,1-3H3. The van der Waals surface area contributed by atoms with Crippen LogP contribution < -0.4 is 0 Å². The molecule has 1 N–H and O–H groups in total. The van der Waals surface area contributed by atoms with Gasteiger partial charge in [-0.1, -0.05) is 65.2 Å². The molecule has 0 aromatic rings. The van der Waals surface area contributed by atoms with Crippen LogP contribution in [0.15, 0.2) is 0 Å². The van der Waals surface area contributed by atoms with Crippen molar-refractivity contribution in [3.8, 4) is 0 Å². The molecule has 1 atom stereocenters. The highest BCUT2D eigenvalue weighted by atomic mass is 16.3. The molecule has 0 amide bonds. The Bertz CT molecular complexity index is 129. The molecule has 0 heterocycles. The second kappa shape index (κ2) is 9.21. The SMILES string of the molecule is CCCCCCCC(C)(O)CCCCC. The van der Waals surface area contributed by atoms with Crippen LogP contribution in [0.2, 0.25) is 0 Å². The van der Waals surface area contributed by atoms with E-state index < -0.39 is 5.60 Å². The molecule has 92 valence electrons. The minimum absolute atomic E-state index is 0.401. The minimum Gasteiger partial charge on any atom is -0.390 e. The van der Waals surface area contributed by atoms with Crippen LogP contribution in [-0.4, -0.2) is 10.7 Å². The zero-order chi connectivity index (χ0) is 11.6. The summed E-state index contributed by atoms with van der Waals surface area (Å²) in [5, 5.41) is 10.1. The van der Waals surface area contributed by atoms with Gasteiger partial charge in [0.2, 0.25) is 0 Å². The van der Waals surface area contributed by atoms with Gasteiger partial charge in [-0.25, -0.2) is 0 Å². The summed E-state index contributed by atoms with van der Waals surface area (Å²) in [5.41, 5.74) is -0.401. The van der Waals surface area contributed by atoms with E-state index in [0.717, 1.165) is 12.8 Å².